The van der Waals surface area contributed by atoms with Crippen molar-refractivity contribution in [3.05, 3.63) is 113 Å². The van der Waals surface area contributed by atoms with E-state index in [9.17, 15) is 4.79 Å². The second kappa shape index (κ2) is 6.93. The summed E-state index contributed by atoms with van der Waals surface area (Å²) in [7, 11) is 0. The zero-order valence-electron chi connectivity index (χ0n) is 14.6. The Hall–Kier alpha value is -3.26. The van der Waals surface area contributed by atoms with Gasteiger partial charge in [-0.2, -0.15) is 0 Å². The Bertz CT molecular complexity index is 1060. The molecule has 0 spiro atoms. The number of hydrogen-bond donors (Lipinski definition) is 0. The predicted molar refractivity (Wildman–Crippen MR) is 106 cm³/mol. The van der Waals surface area contributed by atoms with Gasteiger partial charge in [0, 0.05) is 16.6 Å². The fraction of sp³-hybridized carbons (Fsp3) is 0.0833. The van der Waals surface area contributed by atoms with Gasteiger partial charge >= 0.3 is 0 Å². The molecule has 1 heterocycles. The van der Waals surface area contributed by atoms with Crippen molar-refractivity contribution in [1.82, 2.24) is 4.98 Å². The molecule has 1 unspecified atom stereocenters. The number of aromatic nitrogens is 1. The Kier molecular flexibility index (Phi) is 4.32. The first-order valence-corrected chi connectivity index (χ1v) is 8.74. The summed E-state index contributed by atoms with van der Waals surface area (Å²) in [4.78, 5) is 18.2. The molecule has 0 radical (unpaired) electrons. The lowest BCUT2D eigenvalue weighted by Gasteiger charge is -2.19. The number of aryl methyl sites for hydroxylation is 1. The molecule has 0 bridgehead atoms. The number of fused-ring (bicyclic) bond motifs is 1. The van der Waals surface area contributed by atoms with Crippen LogP contribution in [0.4, 0.5) is 0 Å². The van der Waals surface area contributed by atoms with Crippen molar-refractivity contribution in [2.75, 3.05) is 0 Å². The highest BCUT2D eigenvalue weighted by atomic mass is 16.1. The molecule has 3 aromatic carbocycles. The molecule has 26 heavy (non-hydrogen) atoms. The van der Waals surface area contributed by atoms with E-state index in [1.54, 1.807) is 0 Å². The van der Waals surface area contributed by atoms with E-state index in [-0.39, 0.29) is 11.7 Å². The summed E-state index contributed by atoms with van der Waals surface area (Å²) >= 11 is 0. The number of rotatable bonds is 4. The number of carbonyl (C=O) groups is 1. The third-order valence-corrected chi connectivity index (χ3v) is 4.66. The zero-order chi connectivity index (χ0) is 17.9. The quantitative estimate of drug-likeness (QED) is 0.456. The largest absolute Gasteiger partial charge is 0.293 e. The maximum absolute atomic E-state index is 13.4. The highest BCUT2D eigenvalue weighted by Crippen LogP contribution is 2.32. The smallest absolute Gasteiger partial charge is 0.174 e. The molecule has 0 amide bonds. The van der Waals surface area contributed by atoms with Crippen LogP contribution in [-0.4, -0.2) is 10.8 Å². The van der Waals surface area contributed by atoms with Crippen LogP contribution in [0.1, 0.15) is 33.1 Å². The van der Waals surface area contributed by atoms with Gasteiger partial charge < -0.3 is 0 Å². The molecule has 0 saturated heterocycles. The first-order valence-electron chi connectivity index (χ1n) is 8.74. The molecule has 126 valence electrons. The maximum Gasteiger partial charge on any atom is 0.174 e. The van der Waals surface area contributed by atoms with Crippen LogP contribution in [0, 0.1) is 6.92 Å². The highest BCUT2D eigenvalue weighted by Gasteiger charge is 2.26. The second-order valence-corrected chi connectivity index (χ2v) is 6.45. The Labute approximate surface area is 153 Å². The van der Waals surface area contributed by atoms with Crippen molar-refractivity contribution in [1.29, 1.82) is 0 Å². The van der Waals surface area contributed by atoms with E-state index < -0.39 is 0 Å². The molecule has 1 atom stereocenters. The van der Waals surface area contributed by atoms with E-state index >= 15 is 0 Å². The Morgan fingerprint density at radius 3 is 2.19 bits per heavy atom. The van der Waals surface area contributed by atoms with Gasteiger partial charge in [0.15, 0.2) is 5.78 Å². The average Bonchev–Trinajstić information content (AvgIpc) is 2.70. The molecule has 0 aliphatic rings. The molecule has 2 heteroatoms. The number of hydrogen-bond acceptors (Lipinski definition) is 2. The predicted octanol–water partition coefficient (Wildman–Crippen LogP) is 5.56. The second-order valence-electron chi connectivity index (χ2n) is 6.45. The summed E-state index contributed by atoms with van der Waals surface area (Å²) < 4.78 is 0. The van der Waals surface area contributed by atoms with Crippen LogP contribution >= 0.6 is 0 Å². The van der Waals surface area contributed by atoms with Gasteiger partial charge in [-0.05, 0) is 24.1 Å². The minimum Gasteiger partial charge on any atom is -0.293 e. The van der Waals surface area contributed by atoms with Crippen LogP contribution in [0.2, 0.25) is 0 Å². The fourth-order valence-corrected chi connectivity index (χ4v) is 3.39. The van der Waals surface area contributed by atoms with Crippen molar-refractivity contribution in [2.45, 2.75) is 12.8 Å². The number of pyridine rings is 1. The summed E-state index contributed by atoms with van der Waals surface area (Å²) in [6, 6.07) is 29.6. The molecule has 0 saturated carbocycles. The van der Waals surface area contributed by atoms with Crippen LogP contribution in [0.5, 0.6) is 0 Å². The maximum atomic E-state index is 13.4. The summed E-state index contributed by atoms with van der Waals surface area (Å²) in [5.41, 5.74) is 4.49. The number of Topliss-reactive ketones (excluding diaryl/α,β-unsaturated/α-hetero) is 1. The van der Waals surface area contributed by atoms with Crippen LogP contribution < -0.4 is 0 Å². The van der Waals surface area contributed by atoms with Gasteiger partial charge in [0.05, 0.1) is 11.4 Å². The van der Waals surface area contributed by atoms with E-state index in [1.807, 2.05) is 91.9 Å². The van der Waals surface area contributed by atoms with Crippen molar-refractivity contribution in [3.63, 3.8) is 0 Å². The molecule has 0 aliphatic heterocycles. The van der Waals surface area contributed by atoms with Crippen LogP contribution in [0.25, 0.3) is 10.9 Å². The molecule has 0 aliphatic carbocycles. The molecule has 0 N–H and O–H groups in total. The van der Waals surface area contributed by atoms with Crippen molar-refractivity contribution in [3.8, 4) is 0 Å². The molecular weight excluding hydrogens is 318 g/mol. The first-order chi connectivity index (χ1) is 12.7. The van der Waals surface area contributed by atoms with E-state index in [1.165, 1.54) is 0 Å². The van der Waals surface area contributed by atoms with Crippen LogP contribution in [0.3, 0.4) is 0 Å². The van der Waals surface area contributed by atoms with E-state index in [2.05, 4.69) is 6.07 Å². The highest BCUT2D eigenvalue weighted by molar-refractivity contribution is 6.05. The summed E-state index contributed by atoms with van der Waals surface area (Å²) in [6.07, 6.45) is 0. The van der Waals surface area contributed by atoms with Gasteiger partial charge in [-0.1, -0.05) is 84.9 Å². The van der Waals surface area contributed by atoms with Gasteiger partial charge in [0.2, 0.25) is 0 Å². The molecule has 0 fully saturated rings. The number of para-hydroxylation sites is 1. The van der Waals surface area contributed by atoms with Gasteiger partial charge in [0.1, 0.15) is 0 Å². The van der Waals surface area contributed by atoms with Crippen LogP contribution in [0.15, 0.2) is 91.0 Å². The Balaban J connectivity index is 1.95. The van der Waals surface area contributed by atoms with E-state index in [4.69, 9.17) is 4.98 Å². The minimum absolute atomic E-state index is 0.0904. The first kappa shape index (κ1) is 16.2. The SMILES string of the molecule is Cc1ccc2cccc(C(C(=O)c3ccccc3)c3ccccc3)c2n1. The standard InChI is InChI=1S/C24H19NO/c1-17-15-16-19-13-8-14-21(23(19)25-17)22(18-9-4-2-5-10-18)24(26)20-11-6-3-7-12-20/h2-16,22H,1H3. The number of benzene rings is 3. The van der Waals surface area contributed by atoms with Gasteiger partial charge in [-0.15, -0.1) is 0 Å². The summed E-state index contributed by atoms with van der Waals surface area (Å²) in [6.45, 7) is 1.98. The summed E-state index contributed by atoms with van der Waals surface area (Å²) in [5.74, 6) is -0.288. The third-order valence-electron chi connectivity index (χ3n) is 4.66. The average molecular weight is 337 g/mol. The number of ketones is 1. The number of nitrogens with zero attached hydrogens (tertiary/aromatic N) is 1. The molecule has 4 rings (SSSR count). The number of carbonyl (C=O) groups excluding carboxylic acids is 1. The Morgan fingerprint density at radius 1 is 0.769 bits per heavy atom. The van der Waals surface area contributed by atoms with Gasteiger partial charge in [-0.3, -0.25) is 9.78 Å². The van der Waals surface area contributed by atoms with Crippen molar-refractivity contribution in [2.24, 2.45) is 0 Å². The molecule has 4 aromatic rings. The van der Waals surface area contributed by atoms with E-state index in [0.29, 0.717) is 5.56 Å². The van der Waals surface area contributed by atoms with Crippen LogP contribution in [-0.2, 0) is 0 Å². The molecule has 2 nitrogen and oxygen atoms in total. The fourth-order valence-electron chi connectivity index (χ4n) is 3.39. The molecule has 1 aromatic heterocycles. The topological polar surface area (TPSA) is 30.0 Å². The lowest BCUT2D eigenvalue weighted by atomic mass is 9.83. The van der Waals surface area contributed by atoms with Crippen molar-refractivity contribution < 1.29 is 4.79 Å². The minimum atomic E-state index is -0.378. The van der Waals surface area contributed by atoms with Crippen molar-refractivity contribution >= 4 is 16.7 Å². The summed E-state index contributed by atoms with van der Waals surface area (Å²) in [5, 5.41) is 1.05. The van der Waals surface area contributed by atoms with E-state index in [0.717, 1.165) is 27.7 Å². The Morgan fingerprint density at radius 2 is 1.46 bits per heavy atom. The monoisotopic (exact) mass is 337 g/mol. The van der Waals surface area contributed by atoms with Gasteiger partial charge in [-0.25, -0.2) is 0 Å². The molecular formula is C24H19NO. The lowest BCUT2D eigenvalue weighted by molar-refractivity contribution is 0.0974. The van der Waals surface area contributed by atoms with Gasteiger partial charge in [0.25, 0.3) is 0 Å². The zero-order valence-corrected chi connectivity index (χ0v) is 14.6. The third kappa shape index (κ3) is 3.02. The normalized spacial score (nSPS) is 12.0. The lowest BCUT2D eigenvalue weighted by Crippen LogP contribution is -2.15.